The van der Waals surface area contributed by atoms with Crippen molar-refractivity contribution in [3.63, 3.8) is 0 Å². The maximum absolute atomic E-state index is 12.8. The minimum absolute atomic E-state index is 0.0177. The van der Waals surface area contributed by atoms with Crippen LogP contribution < -0.4 is 14.2 Å². The van der Waals surface area contributed by atoms with Crippen LogP contribution in [0.15, 0.2) is 30.3 Å². The third-order valence-corrected chi connectivity index (χ3v) is 5.07. The van der Waals surface area contributed by atoms with E-state index in [1.807, 2.05) is 42.2 Å². The molecule has 2 heterocycles. The van der Waals surface area contributed by atoms with Crippen LogP contribution in [0.2, 0.25) is 0 Å². The molecule has 1 aliphatic rings. The van der Waals surface area contributed by atoms with Crippen molar-refractivity contribution in [3.8, 4) is 18.0 Å². The van der Waals surface area contributed by atoms with Gasteiger partial charge in [0, 0.05) is 13.1 Å². The number of hydrogen-bond acceptors (Lipinski definition) is 10. The van der Waals surface area contributed by atoms with E-state index in [0.717, 1.165) is 12.0 Å². The van der Waals surface area contributed by atoms with Gasteiger partial charge in [-0.1, -0.05) is 43.7 Å². The van der Waals surface area contributed by atoms with Gasteiger partial charge in [0.2, 0.25) is 0 Å². The molecule has 1 aromatic carbocycles. The van der Waals surface area contributed by atoms with Gasteiger partial charge in [0.15, 0.2) is 0 Å². The Morgan fingerprint density at radius 2 is 1.65 bits per heavy atom. The van der Waals surface area contributed by atoms with Gasteiger partial charge < -0.3 is 18.9 Å². The van der Waals surface area contributed by atoms with Gasteiger partial charge in [-0.25, -0.2) is 0 Å². The molecule has 1 unspecified atom stereocenters. The summed E-state index contributed by atoms with van der Waals surface area (Å²) in [6.07, 6.45) is 0.763. The number of rotatable bonds is 9. The average molecular weight is 430 g/mol. The molecule has 10 heteroatoms. The molecule has 10 nitrogen and oxygen atoms in total. The third kappa shape index (κ3) is 6.11. The summed E-state index contributed by atoms with van der Waals surface area (Å²) in [6, 6.07) is 9.26. The summed E-state index contributed by atoms with van der Waals surface area (Å²) in [7, 11) is 2.78. The van der Waals surface area contributed by atoms with Gasteiger partial charge in [-0.3, -0.25) is 14.5 Å². The van der Waals surface area contributed by atoms with Crippen molar-refractivity contribution < 1.29 is 28.5 Å². The molecular weight excluding hydrogens is 404 g/mol. The first-order chi connectivity index (χ1) is 15.0. The Bertz CT molecular complexity index is 872. The lowest BCUT2D eigenvalue weighted by Gasteiger charge is -2.15. The van der Waals surface area contributed by atoms with E-state index in [0.29, 0.717) is 13.1 Å². The zero-order valence-corrected chi connectivity index (χ0v) is 17.8. The molecule has 1 aliphatic heterocycles. The van der Waals surface area contributed by atoms with Crippen LogP contribution in [0.1, 0.15) is 18.9 Å². The Balaban J connectivity index is 1.56. The van der Waals surface area contributed by atoms with Gasteiger partial charge in [-0.2, -0.15) is 0 Å². The molecule has 0 bridgehead atoms. The van der Waals surface area contributed by atoms with Crippen molar-refractivity contribution in [2.75, 3.05) is 33.9 Å². The van der Waals surface area contributed by atoms with Gasteiger partial charge in [-0.15, -0.1) is 15.0 Å². The van der Waals surface area contributed by atoms with Gasteiger partial charge in [0.1, 0.15) is 6.61 Å². The van der Waals surface area contributed by atoms with Crippen LogP contribution in [0.25, 0.3) is 0 Å². The fourth-order valence-electron chi connectivity index (χ4n) is 3.45. The number of likely N-dealkylation sites (tertiary alicyclic amines) is 1. The topological polar surface area (TPSA) is 113 Å². The Morgan fingerprint density at radius 3 is 2.26 bits per heavy atom. The van der Waals surface area contributed by atoms with E-state index in [9.17, 15) is 9.59 Å². The first-order valence-electron chi connectivity index (χ1n) is 10.00. The SMILES string of the molecule is CCC1CN(CC(=O)OCc2ccccc2)C[C@@H]1C(=O)Oc1nc(OC)nc(OC)n1. The zero-order chi connectivity index (χ0) is 22.2. The van der Waals surface area contributed by atoms with Crippen LogP contribution in [0.5, 0.6) is 18.0 Å². The second kappa shape index (κ2) is 10.7. The first kappa shape index (κ1) is 22.4. The van der Waals surface area contributed by atoms with Crippen molar-refractivity contribution in [2.24, 2.45) is 11.8 Å². The van der Waals surface area contributed by atoms with E-state index in [-0.39, 0.29) is 43.1 Å². The Hall–Kier alpha value is -3.27. The highest BCUT2D eigenvalue weighted by Gasteiger charge is 2.39. The van der Waals surface area contributed by atoms with E-state index in [1.54, 1.807) is 0 Å². The standard InChI is InChI=1S/C21H26N4O6/c1-4-15-10-25(12-17(26)30-13-14-8-6-5-7-9-14)11-16(15)18(27)31-21-23-19(28-2)22-20(24-21)29-3/h5-9,15-16H,4,10-13H2,1-3H3/t15?,16-/m0/s1. The molecule has 0 amide bonds. The van der Waals surface area contributed by atoms with Gasteiger partial charge in [0.05, 0.1) is 26.7 Å². The molecule has 0 aliphatic carbocycles. The fraction of sp³-hybridized carbons (Fsp3) is 0.476. The summed E-state index contributed by atoms with van der Waals surface area (Å²) in [5, 5.41) is 0. The predicted octanol–water partition coefficient (Wildman–Crippen LogP) is 1.50. The van der Waals surface area contributed by atoms with Crippen molar-refractivity contribution in [2.45, 2.75) is 20.0 Å². The fourth-order valence-corrected chi connectivity index (χ4v) is 3.45. The number of methoxy groups -OCH3 is 2. The van der Waals surface area contributed by atoms with Crippen molar-refractivity contribution >= 4 is 11.9 Å². The molecular formula is C21H26N4O6. The number of esters is 2. The zero-order valence-electron chi connectivity index (χ0n) is 17.8. The number of hydrogen-bond donors (Lipinski definition) is 0. The van der Waals surface area contributed by atoms with Crippen molar-refractivity contribution in [1.82, 2.24) is 19.9 Å². The van der Waals surface area contributed by atoms with Crippen LogP contribution in [0.4, 0.5) is 0 Å². The average Bonchev–Trinajstić information content (AvgIpc) is 3.21. The smallest absolute Gasteiger partial charge is 0.333 e. The first-order valence-corrected chi connectivity index (χ1v) is 10.00. The van der Waals surface area contributed by atoms with Crippen molar-refractivity contribution in [1.29, 1.82) is 0 Å². The minimum atomic E-state index is -0.470. The Morgan fingerprint density at radius 1 is 1.00 bits per heavy atom. The molecule has 1 aromatic heterocycles. The molecule has 0 radical (unpaired) electrons. The molecule has 0 spiro atoms. The Labute approximate surface area is 180 Å². The van der Waals surface area contributed by atoms with Gasteiger partial charge in [-0.05, 0) is 11.5 Å². The highest BCUT2D eigenvalue weighted by molar-refractivity contribution is 5.76. The molecule has 0 saturated carbocycles. The van der Waals surface area contributed by atoms with E-state index in [1.165, 1.54) is 14.2 Å². The van der Waals surface area contributed by atoms with Gasteiger partial charge in [0.25, 0.3) is 0 Å². The summed E-state index contributed by atoms with van der Waals surface area (Å²) in [4.78, 5) is 38.7. The van der Waals surface area contributed by atoms with E-state index >= 15 is 0 Å². The summed E-state index contributed by atoms with van der Waals surface area (Å²) < 4.78 is 20.7. The van der Waals surface area contributed by atoms with Crippen LogP contribution in [0.3, 0.4) is 0 Å². The largest absolute Gasteiger partial charge is 0.467 e. The predicted molar refractivity (Wildman–Crippen MR) is 109 cm³/mol. The molecule has 3 rings (SSSR count). The molecule has 1 saturated heterocycles. The maximum Gasteiger partial charge on any atom is 0.333 e. The summed E-state index contributed by atoms with van der Waals surface area (Å²) in [6.45, 7) is 3.31. The summed E-state index contributed by atoms with van der Waals surface area (Å²) in [5.41, 5.74) is 0.924. The number of benzene rings is 1. The second-order valence-electron chi connectivity index (χ2n) is 7.13. The number of aromatic nitrogens is 3. The maximum atomic E-state index is 12.8. The van der Waals surface area contributed by atoms with Crippen LogP contribution >= 0.6 is 0 Å². The number of carbonyl (C=O) groups excluding carboxylic acids is 2. The molecule has 31 heavy (non-hydrogen) atoms. The third-order valence-electron chi connectivity index (χ3n) is 5.07. The quantitative estimate of drug-likeness (QED) is 0.542. The molecule has 2 aromatic rings. The summed E-state index contributed by atoms with van der Waals surface area (Å²) in [5.74, 6) is -1.18. The number of ether oxygens (including phenoxy) is 4. The Kier molecular flexibility index (Phi) is 7.71. The molecule has 1 fully saturated rings. The number of carbonyl (C=O) groups is 2. The lowest BCUT2D eigenvalue weighted by molar-refractivity contribution is -0.146. The van der Waals surface area contributed by atoms with Crippen LogP contribution in [-0.2, 0) is 20.9 Å². The van der Waals surface area contributed by atoms with E-state index in [4.69, 9.17) is 18.9 Å². The van der Waals surface area contributed by atoms with E-state index in [2.05, 4.69) is 15.0 Å². The normalized spacial score (nSPS) is 18.4. The molecule has 2 atom stereocenters. The minimum Gasteiger partial charge on any atom is -0.467 e. The summed E-state index contributed by atoms with van der Waals surface area (Å²) >= 11 is 0. The lowest BCUT2D eigenvalue weighted by Crippen LogP contribution is -2.31. The number of nitrogens with zero attached hydrogens (tertiary/aromatic N) is 4. The van der Waals surface area contributed by atoms with Crippen LogP contribution in [0, 0.1) is 11.8 Å². The highest BCUT2D eigenvalue weighted by atomic mass is 16.6. The molecule has 166 valence electrons. The van der Waals surface area contributed by atoms with E-state index < -0.39 is 11.9 Å². The van der Waals surface area contributed by atoms with Crippen molar-refractivity contribution in [3.05, 3.63) is 35.9 Å². The highest BCUT2D eigenvalue weighted by Crippen LogP contribution is 2.28. The lowest BCUT2D eigenvalue weighted by atomic mass is 9.94. The molecule has 0 N–H and O–H groups in total. The monoisotopic (exact) mass is 430 g/mol. The van der Waals surface area contributed by atoms with Crippen LogP contribution in [-0.4, -0.2) is 65.6 Å². The second-order valence-corrected chi connectivity index (χ2v) is 7.13. The van der Waals surface area contributed by atoms with Gasteiger partial charge >= 0.3 is 30.0 Å².